The first-order valence-corrected chi connectivity index (χ1v) is 6.27. The van der Waals surface area contributed by atoms with Crippen LogP contribution in [-0.2, 0) is 0 Å². The molecule has 0 atom stereocenters. The Kier molecular flexibility index (Phi) is 4.83. The van der Waals surface area contributed by atoms with Gasteiger partial charge < -0.3 is 0 Å². The fourth-order valence-electron chi connectivity index (χ4n) is 1.97. The van der Waals surface area contributed by atoms with Gasteiger partial charge in [-0.15, -0.1) is 0 Å². The molecule has 1 rings (SSSR count). The highest BCUT2D eigenvalue weighted by atomic mass is 14.4. The SMILES string of the molecule is CCCCCCCCCC1(C)CC1. The minimum Gasteiger partial charge on any atom is -0.0654 e. The molecular formula is C13H26. The Balaban J connectivity index is 1.74. The summed E-state index contributed by atoms with van der Waals surface area (Å²) in [7, 11) is 0. The van der Waals surface area contributed by atoms with Crippen LogP contribution >= 0.6 is 0 Å². The van der Waals surface area contributed by atoms with E-state index in [2.05, 4.69) is 13.8 Å². The third-order valence-electron chi connectivity index (χ3n) is 3.49. The van der Waals surface area contributed by atoms with Crippen LogP contribution in [0.2, 0.25) is 0 Å². The van der Waals surface area contributed by atoms with Crippen molar-refractivity contribution in [2.45, 2.75) is 78.1 Å². The predicted octanol–water partition coefficient (Wildman–Crippen LogP) is 4.93. The molecule has 0 nitrogen and oxygen atoms in total. The number of unbranched alkanes of at least 4 members (excludes halogenated alkanes) is 6. The lowest BCUT2D eigenvalue weighted by Gasteiger charge is -2.06. The van der Waals surface area contributed by atoms with Crippen LogP contribution in [0.25, 0.3) is 0 Å². The maximum absolute atomic E-state index is 2.45. The summed E-state index contributed by atoms with van der Waals surface area (Å²) in [4.78, 5) is 0. The number of hydrogen-bond donors (Lipinski definition) is 0. The third-order valence-corrected chi connectivity index (χ3v) is 3.49. The van der Waals surface area contributed by atoms with Gasteiger partial charge in [0.15, 0.2) is 0 Å². The highest BCUT2D eigenvalue weighted by Crippen LogP contribution is 2.49. The smallest absolute Gasteiger partial charge is 0.0325 e. The molecular weight excluding hydrogens is 156 g/mol. The van der Waals surface area contributed by atoms with Gasteiger partial charge in [0.25, 0.3) is 0 Å². The van der Waals surface area contributed by atoms with Crippen molar-refractivity contribution >= 4 is 0 Å². The largest absolute Gasteiger partial charge is 0.0654 e. The number of hydrogen-bond acceptors (Lipinski definition) is 0. The molecule has 0 heteroatoms. The van der Waals surface area contributed by atoms with Gasteiger partial charge in [-0.25, -0.2) is 0 Å². The van der Waals surface area contributed by atoms with Crippen LogP contribution in [0.3, 0.4) is 0 Å². The summed E-state index contributed by atoms with van der Waals surface area (Å²) >= 11 is 0. The van der Waals surface area contributed by atoms with Gasteiger partial charge in [0.1, 0.15) is 0 Å². The molecule has 0 heterocycles. The van der Waals surface area contributed by atoms with Crippen molar-refractivity contribution in [3.05, 3.63) is 0 Å². The first-order chi connectivity index (χ1) is 6.27. The van der Waals surface area contributed by atoms with Crippen LogP contribution in [-0.4, -0.2) is 0 Å². The van der Waals surface area contributed by atoms with E-state index in [4.69, 9.17) is 0 Å². The van der Waals surface area contributed by atoms with E-state index in [9.17, 15) is 0 Å². The first-order valence-electron chi connectivity index (χ1n) is 6.27. The Morgan fingerprint density at radius 1 is 0.846 bits per heavy atom. The van der Waals surface area contributed by atoms with Crippen molar-refractivity contribution in [2.75, 3.05) is 0 Å². The summed E-state index contributed by atoms with van der Waals surface area (Å²) in [5.74, 6) is 0. The summed E-state index contributed by atoms with van der Waals surface area (Å²) in [5.41, 5.74) is 0.795. The molecule has 0 radical (unpaired) electrons. The molecule has 0 aromatic carbocycles. The van der Waals surface area contributed by atoms with Crippen LogP contribution in [0.15, 0.2) is 0 Å². The van der Waals surface area contributed by atoms with Crippen LogP contribution in [0.1, 0.15) is 78.1 Å². The minimum absolute atomic E-state index is 0.795. The van der Waals surface area contributed by atoms with E-state index in [1.54, 1.807) is 0 Å². The third kappa shape index (κ3) is 5.33. The van der Waals surface area contributed by atoms with Gasteiger partial charge in [0.2, 0.25) is 0 Å². The maximum Gasteiger partial charge on any atom is -0.0325 e. The second-order valence-electron chi connectivity index (χ2n) is 5.18. The van der Waals surface area contributed by atoms with Crippen molar-refractivity contribution in [1.82, 2.24) is 0 Å². The van der Waals surface area contributed by atoms with E-state index >= 15 is 0 Å². The Morgan fingerprint density at radius 2 is 1.38 bits per heavy atom. The molecule has 0 N–H and O–H groups in total. The van der Waals surface area contributed by atoms with Crippen molar-refractivity contribution < 1.29 is 0 Å². The standard InChI is InChI=1S/C13H26/c1-3-4-5-6-7-8-9-10-13(2)11-12-13/h3-12H2,1-2H3. The highest BCUT2D eigenvalue weighted by Gasteiger charge is 2.35. The summed E-state index contributed by atoms with van der Waals surface area (Å²) in [6, 6.07) is 0. The van der Waals surface area contributed by atoms with Crippen molar-refractivity contribution in [3.63, 3.8) is 0 Å². The minimum atomic E-state index is 0.795. The fraction of sp³-hybridized carbons (Fsp3) is 1.00. The van der Waals surface area contributed by atoms with Gasteiger partial charge in [0, 0.05) is 0 Å². The van der Waals surface area contributed by atoms with Crippen LogP contribution in [0.4, 0.5) is 0 Å². The highest BCUT2D eigenvalue weighted by molar-refractivity contribution is 4.87. The molecule has 0 saturated heterocycles. The maximum atomic E-state index is 2.45. The monoisotopic (exact) mass is 182 g/mol. The van der Waals surface area contributed by atoms with Crippen LogP contribution in [0, 0.1) is 5.41 Å². The average molecular weight is 182 g/mol. The predicted molar refractivity (Wildman–Crippen MR) is 60.0 cm³/mol. The summed E-state index contributed by atoms with van der Waals surface area (Å²) in [6.45, 7) is 4.73. The summed E-state index contributed by atoms with van der Waals surface area (Å²) < 4.78 is 0. The Labute approximate surface area is 84.1 Å². The van der Waals surface area contributed by atoms with Crippen LogP contribution in [0.5, 0.6) is 0 Å². The molecule has 0 bridgehead atoms. The zero-order chi connectivity index (χ0) is 9.57. The Bertz CT molecular complexity index is 122. The molecule has 1 saturated carbocycles. The van der Waals surface area contributed by atoms with Gasteiger partial charge >= 0.3 is 0 Å². The van der Waals surface area contributed by atoms with Gasteiger partial charge in [-0.1, -0.05) is 58.8 Å². The lowest BCUT2D eigenvalue weighted by atomic mass is 10.00. The molecule has 1 aliphatic rings. The first kappa shape index (κ1) is 11.1. The quantitative estimate of drug-likeness (QED) is 0.467. The molecule has 78 valence electrons. The topological polar surface area (TPSA) is 0 Å². The molecule has 0 aliphatic heterocycles. The van der Waals surface area contributed by atoms with Gasteiger partial charge in [0.05, 0.1) is 0 Å². The lowest BCUT2D eigenvalue weighted by Crippen LogP contribution is -1.92. The lowest BCUT2D eigenvalue weighted by molar-refractivity contribution is 0.467. The Hall–Kier alpha value is 0. The number of rotatable bonds is 8. The summed E-state index contributed by atoms with van der Waals surface area (Å²) in [6.07, 6.45) is 14.7. The molecule has 1 fully saturated rings. The normalized spacial score (nSPS) is 18.9. The van der Waals surface area contributed by atoms with Crippen molar-refractivity contribution in [1.29, 1.82) is 0 Å². The van der Waals surface area contributed by atoms with Gasteiger partial charge in [-0.05, 0) is 24.7 Å². The second-order valence-corrected chi connectivity index (χ2v) is 5.18. The van der Waals surface area contributed by atoms with Crippen molar-refractivity contribution in [2.24, 2.45) is 5.41 Å². The molecule has 0 amide bonds. The van der Waals surface area contributed by atoms with Gasteiger partial charge in [-0.2, -0.15) is 0 Å². The zero-order valence-corrected chi connectivity index (χ0v) is 9.57. The molecule has 0 spiro atoms. The molecule has 13 heavy (non-hydrogen) atoms. The fourth-order valence-corrected chi connectivity index (χ4v) is 1.97. The second kappa shape index (κ2) is 5.67. The van der Waals surface area contributed by atoms with E-state index in [1.807, 2.05) is 0 Å². The van der Waals surface area contributed by atoms with E-state index in [1.165, 1.54) is 64.2 Å². The zero-order valence-electron chi connectivity index (χ0n) is 9.57. The van der Waals surface area contributed by atoms with E-state index < -0.39 is 0 Å². The Morgan fingerprint density at radius 3 is 1.92 bits per heavy atom. The van der Waals surface area contributed by atoms with E-state index in [0.29, 0.717) is 0 Å². The molecule has 0 aromatic rings. The summed E-state index contributed by atoms with van der Waals surface area (Å²) in [5, 5.41) is 0. The van der Waals surface area contributed by atoms with Crippen molar-refractivity contribution in [3.8, 4) is 0 Å². The molecule has 1 aliphatic carbocycles. The van der Waals surface area contributed by atoms with E-state index in [0.717, 1.165) is 5.41 Å². The van der Waals surface area contributed by atoms with Gasteiger partial charge in [-0.3, -0.25) is 0 Å². The molecule has 0 unspecified atom stereocenters. The average Bonchev–Trinajstić information content (AvgIpc) is 2.83. The van der Waals surface area contributed by atoms with E-state index in [-0.39, 0.29) is 0 Å². The van der Waals surface area contributed by atoms with Crippen LogP contribution < -0.4 is 0 Å². The molecule has 0 aromatic heterocycles.